The molecule has 0 aliphatic carbocycles. The summed E-state index contributed by atoms with van der Waals surface area (Å²) in [5, 5.41) is 2.80. The van der Waals surface area contributed by atoms with Crippen LogP contribution in [0.5, 0.6) is 0 Å². The number of hydrogen-bond donors (Lipinski definition) is 2. The lowest BCUT2D eigenvalue weighted by Gasteiger charge is -2.19. The van der Waals surface area contributed by atoms with Crippen molar-refractivity contribution in [2.45, 2.75) is 13.8 Å². The minimum absolute atomic E-state index is 0. The van der Waals surface area contributed by atoms with Crippen LogP contribution in [0.1, 0.15) is 24.2 Å². The number of pyridine rings is 1. The molecule has 1 aromatic heterocycles. The quantitative estimate of drug-likeness (QED) is 0.802. The van der Waals surface area contributed by atoms with E-state index in [1.165, 1.54) is 0 Å². The van der Waals surface area contributed by atoms with E-state index in [0.717, 1.165) is 18.9 Å². The Morgan fingerprint density at radius 3 is 2.30 bits per heavy atom. The molecule has 7 heteroatoms. The van der Waals surface area contributed by atoms with Crippen molar-refractivity contribution in [1.82, 2.24) is 4.98 Å². The van der Waals surface area contributed by atoms with Crippen molar-refractivity contribution < 1.29 is 4.79 Å². The fourth-order valence-corrected chi connectivity index (χ4v) is 2.10. The summed E-state index contributed by atoms with van der Waals surface area (Å²) in [6.45, 7) is 5.96. The number of rotatable bonds is 5. The van der Waals surface area contributed by atoms with E-state index < -0.39 is 0 Å². The van der Waals surface area contributed by atoms with Crippen molar-refractivity contribution in [3.8, 4) is 0 Å². The van der Waals surface area contributed by atoms with Crippen LogP contribution in [0.15, 0.2) is 42.6 Å². The molecule has 0 aliphatic rings. The summed E-state index contributed by atoms with van der Waals surface area (Å²) in [7, 11) is 0. The van der Waals surface area contributed by atoms with Gasteiger partial charge in [0.2, 0.25) is 0 Å². The normalized spacial score (nSPS) is 9.30. The van der Waals surface area contributed by atoms with Crippen molar-refractivity contribution in [1.29, 1.82) is 0 Å². The van der Waals surface area contributed by atoms with Gasteiger partial charge in [-0.15, -0.1) is 24.8 Å². The molecule has 0 saturated carbocycles. The first kappa shape index (κ1) is 21.0. The Balaban J connectivity index is 0.00000242. The summed E-state index contributed by atoms with van der Waals surface area (Å²) in [6.07, 6.45) is 1.66. The molecule has 1 aromatic carbocycles. The van der Waals surface area contributed by atoms with Crippen molar-refractivity contribution in [3.05, 3.63) is 48.2 Å². The molecular formula is C16H22Cl2N4O. The predicted octanol–water partition coefficient (Wildman–Crippen LogP) is 3.61. The molecule has 0 atom stereocenters. The fraction of sp³-hybridized carbons (Fsp3) is 0.250. The topological polar surface area (TPSA) is 71.2 Å². The third-order valence-electron chi connectivity index (χ3n) is 3.30. The molecule has 0 spiro atoms. The lowest BCUT2D eigenvalue weighted by atomic mass is 10.1. The highest BCUT2D eigenvalue weighted by molar-refractivity contribution is 6.07. The molecule has 0 unspecified atom stereocenters. The average Bonchev–Trinajstić information content (AvgIpc) is 2.50. The zero-order valence-corrected chi connectivity index (χ0v) is 14.8. The second kappa shape index (κ2) is 9.92. The van der Waals surface area contributed by atoms with Crippen LogP contribution in [0.25, 0.3) is 0 Å². The van der Waals surface area contributed by atoms with Crippen LogP contribution < -0.4 is 16.0 Å². The van der Waals surface area contributed by atoms with E-state index in [1.54, 1.807) is 30.5 Å². The SMILES string of the molecule is CCN(CC)c1ccc(NC(=O)c2ccccc2N)cn1.Cl.Cl. The lowest BCUT2D eigenvalue weighted by Crippen LogP contribution is -2.23. The zero-order valence-electron chi connectivity index (χ0n) is 13.2. The molecule has 1 heterocycles. The van der Waals surface area contributed by atoms with Gasteiger partial charge in [-0.2, -0.15) is 0 Å². The van der Waals surface area contributed by atoms with Crippen LogP contribution in [0.2, 0.25) is 0 Å². The average molecular weight is 357 g/mol. The number of benzene rings is 1. The maximum absolute atomic E-state index is 12.1. The van der Waals surface area contributed by atoms with Gasteiger partial charge in [0.05, 0.1) is 17.4 Å². The number of hydrogen-bond acceptors (Lipinski definition) is 4. The fourth-order valence-electron chi connectivity index (χ4n) is 2.10. The van der Waals surface area contributed by atoms with Crippen LogP contribution in [0.3, 0.4) is 0 Å². The minimum Gasteiger partial charge on any atom is -0.398 e. The van der Waals surface area contributed by atoms with Crippen molar-refractivity contribution >= 4 is 47.9 Å². The molecule has 1 amide bonds. The second-order valence-electron chi connectivity index (χ2n) is 4.62. The highest BCUT2D eigenvalue weighted by Gasteiger charge is 2.10. The van der Waals surface area contributed by atoms with E-state index in [1.807, 2.05) is 12.1 Å². The van der Waals surface area contributed by atoms with Gasteiger partial charge in [0, 0.05) is 18.8 Å². The van der Waals surface area contributed by atoms with Gasteiger partial charge < -0.3 is 16.0 Å². The highest BCUT2D eigenvalue weighted by Crippen LogP contribution is 2.16. The first-order valence-electron chi connectivity index (χ1n) is 7.02. The summed E-state index contributed by atoms with van der Waals surface area (Å²) in [5.74, 6) is 0.669. The number of nitrogens with two attached hydrogens (primary N) is 1. The van der Waals surface area contributed by atoms with Gasteiger partial charge in [-0.25, -0.2) is 4.98 Å². The number of nitrogens with one attached hydrogen (secondary N) is 1. The highest BCUT2D eigenvalue weighted by atomic mass is 35.5. The largest absolute Gasteiger partial charge is 0.398 e. The Bertz CT molecular complexity index is 616. The first-order valence-corrected chi connectivity index (χ1v) is 7.02. The zero-order chi connectivity index (χ0) is 15.2. The van der Waals surface area contributed by atoms with Gasteiger partial charge in [0.1, 0.15) is 5.82 Å². The number of halogens is 2. The maximum atomic E-state index is 12.1. The number of nitrogens with zero attached hydrogens (tertiary/aromatic N) is 2. The Hall–Kier alpha value is -1.98. The summed E-state index contributed by atoms with van der Waals surface area (Å²) >= 11 is 0. The van der Waals surface area contributed by atoms with Gasteiger partial charge in [-0.1, -0.05) is 12.1 Å². The molecule has 0 fully saturated rings. The standard InChI is InChI=1S/C16H20N4O.2ClH/c1-3-20(4-2)15-10-9-12(11-18-15)19-16(21)13-7-5-6-8-14(13)17;;/h5-11H,3-4,17H2,1-2H3,(H,19,21);2*1H. The van der Waals surface area contributed by atoms with Gasteiger partial charge >= 0.3 is 0 Å². The molecule has 0 saturated heterocycles. The molecule has 0 radical (unpaired) electrons. The Labute approximate surface area is 149 Å². The smallest absolute Gasteiger partial charge is 0.257 e. The molecule has 2 aromatic rings. The number of carbonyl (C=O) groups excluding carboxylic acids is 1. The minimum atomic E-state index is -0.231. The maximum Gasteiger partial charge on any atom is 0.257 e. The molecule has 0 aliphatic heterocycles. The summed E-state index contributed by atoms with van der Waals surface area (Å²) in [5.41, 5.74) is 7.37. The molecule has 2 rings (SSSR count). The number of anilines is 3. The van der Waals surface area contributed by atoms with E-state index in [2.05, 4.69) is 29.0 Å². The lowest BCUT2D eigenvalue weighted by molar-refractivity contribution is 0.102. The number of nitrogen functional groups attached to an aromatic ring is 1. The van der Waals surface area contributed by atoms with E-state index in [-0.39, 0.29) is 30.7 Å². The summed E-state index contributed by atoms with van der Waals surface area (Å²) in [4.78, 5) is 18.6. The van der Waals surface area contributed by atoms with E-state index >= 15 is 0 Å². The van der Waals surface area contributed by atoms with Crippen LogP contribution in [-0.2, 0) is 0 Å². The molecule has 23 heavy (non-hydrogen) atoms. The monoisotopic (exact) mass is 356 g/mol. The third-order valence-corrected chi connectivity index (χ3v) is 3.30. The second-order valence-corrected chi connectivity index (χ2v) is 4.62. The Morgan fingerprint density at radius 1 is 1.13 bits per heavy atom. The van der Waals surface area contributed by atoms with E-state index in [9.17, 15) is 4.79 Å². The van der Waals surface area contributed by atoms with Gasteiger partial charge in [0.25, 0.3) is 5.91 Å². The van der Waals surface area contributed by atoms with Crippen LogP contribution in [0, 0.1) is 0 Å². The van der Waals surface area contributed by atoms with Crippen LogP contribution >= 0.6 is 24.8 Å². The van der Waals surface area contributed by atoms with Crippen molar-refractivity contribution in [2.24, 2.45) is 0 Å². The third kappa shape index (κ3) is 5.30. The summed E-state index contributed by atoms with van der Waals surface area (Å²) in [6, 6.07) is 10.7. The Kier molecular flexibility index (Phi) is 9.07. The van der Waals surface area contributed by atoms with Gasteiger partial charge in [-0.05, 0) is 38.1 Å². The number of amides is 1. The van der Waals surface area contributed by atoms with Crippen LogP contribution in [-0.4, -0.2) is 24.0 Å². The predicted molar refractivity (Wildman–Crippen MR) is 101 cm³/mol. The number of carbonyl (C=O) groups is 1. The van der Waals surface area contributed by atoms with E-state index in [0.29, 0.717) is 16.9 Å². The molecular weight excluding hydrogens is 335 g/mol. The number of aromatic nitrogens is 1. The van der Waals surface area contributed by atoms with Gasteiger partial charge in [-0.3, -0.25) is 4.79 Å². The van der Waals surface area contributed by atoms with Crippen molar-refractivity contribution in [2.75, 3.05) is 29.0 Å². The Morgan fingerprint density at radius 2 is 1.78 bits per heavy atom. The number of para-hydroxylation sites is 1. The molecule has 3 N–H and O–H groups in total. The van der Waals surface area contributed by atoms with Gasteiger partial charge in [0.15, 0.2) is 0 Å². The first-order chi connectivity index (χ1) is 10.2. The van der Waals surface area contributed by atoms with Crippen molar-refractivity contribution in [3.63, 3.8) is 0 Å². The van der Waals surface area contributed by atoms with E-state index in [4.69, 9.17) is 5.73 Å². The summed E-state index contributed by atoms with van der Waals surface area (Å²) < 4.78 is 0. The van der Waals surface area contributed by atoms with Crippen LogP contribution in [0.4, 0.5) is 17.2 Å². The molecule has 126 valence electrons. The molecule has 5 nitrogen and oxygen atoms in total. The molecule has 0 bridgehead atoms.